The molecule has 19 heavy (non-hydrogen) atoms. The van der Waals surface area contributed by atoms with Crippen LogP contribution in [0.3, 0.4) is 0 Å². The molecule has 1 heterocycles. The molecule has 1 aliphatic rings. The minimum Gasteiger partial charge on any atom is -0.491 e. The molecule has 1 fully saturated rings. The standard InChI is InChI=1S/C15H23BrN2O/c1-3-17-6-8-18(9-7-17)10-11-19-15-5-4-13(2)12-14(15)16/h4-5,12H,3,6-11H2,1-2H3. The van der Waals surface area contributed by atoms with Gasteiger partial charge in [0.05, 0.1) is 4.47 Å². The Kier molecular flexibility index (Phi) is 5.67. The molecule has 0 unspecified atom stereocenters. The summed E-state index contributed by atoms with van der Waals surface area (Å²) in [7, 11) is 0. The van der Waals surface area contributed by atoms with E-state index in [0.29, 0.717) is 0 Å². The van der Waals surface area contributed by atoms with Crippen LogP contribution < -0.4 is 4.74 Å². The van der Waals surface area contributed by atoms with Crippen LogP contribution in [0.2, 0.25) is 0 Å². The molecule has 0 saturated carbocycles. The van der Waals surface area contributed by atoms with E-state index in [-0.39, 0.29) is 0 Å². The van der Waals surface area contributed by atoms with E-state index in [9.17, 15) is 0 Å². The molecule has 1 saturated heterocycles. The highest BCUT2D eigenvalue weighted by Crippen LogP contribution is 2.25. The van der Waals surface area contributed by atoms with Gasteiger partial charge in [0.25, 0.3) is 0 Å². The number of hydrogen-bond acceptors (Lipinski definition) is 3. The number of benzene rings is 1. The Morgan fingerprint density at radius 2 is 1.84 bits per heavy atom. The van der Waals surface area contributed by atoms with E-state index >= 15 is 0 Å². The molecule has 3 nitrogen and oxygen atoms in total. The van der Waals surface area contributed by atoms with E-state index in [0.717, 1.165) is 36.5 Å². The first-order valence-corrected chi connectivity index (χ1v) is 7.82. The van der Waals surface area contributed by atoms with E-state index in [1.807, 2.05) is 6.07 Å². The minimum atomic E-state index is 0.758. The Balaban J connectivity index is 1.72. The molecule has 1 aliphatic heterocycles. The summed E-state index contributed by atoms with van der Waals surface area (Å²) in [6.45, 7) is 11.9. The molecule has 1 aromatic carbocycles. The maximum atomic E-state index is 5.85. The van der Waals surface area contributed by atoms with Crippen molar-refractivity contribution in [2.24, 2.45) is 0 Å². The highest BCUT2D eigenvalue weighted by Gasteiger charge is 2.15. The van der Waals surface area contributed by atoms with E-state index in [1.54, 1.807) is 0 Å². The first-order valence-electron chi connectivity index (χ1n) is 7.02. The van der Waals surface area contributed by atoms with Gasteiger partial charge in [0.15, 0.2) is 0 Å². The summed E-state index contributed by atoms with van der Waals surface area (Å²) in [6, 6.07) is 6.21. The molecule has 0 aromatic heterocycles. The van der Waals surface area contributed by atoms with Gasteiger partial charge in [-0.15, -0.1) is 0 Å². The highest BCUT2D eigenvalue weighted by molar-refractivity contribution is 9.10. The first-order chi connectivity index (χ1) is 9.19. The quantitative estimate of drug-likeness (QED) is 0.827. The summed E-state index contributed by atoms with van der Waals surface area (Å²) < 4.78 is 6.89. The molecule has 0 atom stereocenters. The first kappa shape index (κ1) is 14.8. The lowest BCUT2D eigenvalue weighted by molar-refractivity contribution is 0.120. The zero-order chi connectivity index (χ0) is 13.7. The highest BCUT2D eigenvalue weighted by atomic mass is 79.9. The molecule has 4 heteroatoms. The van der Waals surface area contributed by atoms with Gasteiger partial charge in [-0.25, -0.2) is 0 Å². The molecular formula is C15H23BrN2O. The zero-order valence-electron chi connectivity index (χ0n) is 11.9. The van der Waals surface area contributed by atoms with Gasteiger partial charge in [0.1, 0.15) is 12.4 Å². The third-order valence-corrected chi connectivity index (χ3v) is 4.28. The van der Waals surface area contributed by atoms with Crippen molar-refractivity contribution in [3.05, 3.63) is 28.2 Å². The molecular weight excluding hydrogens is 304 g/mol. The van der Waals surface area contributed by atoms with Crippen molar-refractivity contribution in [2.75, 3.05) is 45.9 Å². The summed E-state index contributed by atoms with van der Waals surface area (Å²) in [5.41, 5.74) is 1.25. The fraction of sp³-hybridized carbons (Fsp3) is 0.600. The SMILES string of the molecule is CCN1CCN(CCOc2ccc(C)cc2Br)CC1. The van der Waals surface area contributed by atoms with Crippen LogP contribution in [0.15, 0.2) is 22.7 Å². The van der Waals surface area contributed by atoms with Crippen molar-refractivity contribution in [3.63, 3.8) is 0 Å². The predicted octanol–water partition coefficient (Wildman–Crippen LogP) is 2.77. The number of aryl methyl sites for hydroxylation is 1. The lowest BCUT2D eigenvalue weighted by Gasteiger charge is -2.33. The number of hydrogen-bond donors (Lipinski definition) is 0. The number of likely N-dealkylation sites (N-methyl/N-ethyl adjacent to an activating group) is 1. The summed E-state index contributed by atoms with van der Waals surface area (Å²) >= 11 is 3.55. The van der Waals surface area contributed by atoms with Gasteiger partial charge >= 0.3 is 0 Å². The van der Waals surface area contributed by atoms with E-state index in [4.69, 9.17) is 4.74 Å². The molecule has 0 radical (unpaired) electrons. The molecule has 2 rings (SSSR count). The second kappa shape index (κ2) is 7.27. The van der Waals surface area contributed by atoms with Crippen molar-refractivity contribution in [2.45, 2.75) is 13.8 Å². The van der Waals surface area contributed by atoms with Crippen LogP contribution in [0.25, 0.3) is 0 Å². The number of ether oxygens (including phenoxy) is 1. The molecule has 0 bridgehead atoms. The monoisotopic (exact) mass is 326 g/mol. The van der Waals surface area contributed by atoms with Gasteiger partial charge in [0.2, 0.25) is 0 Å². The number of piperazine rings is 1. The van der Waals surface area contributed by atoms with E-state index in [2.05, 4.69) is 51.7 Å². The van der Waals surface area contributed by atoms with E-state index in [1.165, 1.54) is 25.2 Å². The van der Waals surface area contributed by atoms with Crippen LogP contribution in [0.4, 0.5) is 0 Å². The van der Waals surface area contributed by atoms with Crippen molar-refractivity contribution in [1.29, 1.82) is 0 Å². The Bertz CT molecular complexity index is 403. The van der Waals surface area contributed by atoms with Gasteiger partial charge in [-0.05, 0) is 47.1 Å². The fourth-order valence-corrected chi connectivity index (χ4v) is 2.94. The molecule has 1 aromatic rings. The third kappa shape index (κ3) is 4.48. The van der Waals surface area contributed by atoms with Crippen LogP contribution in [-0.4, -0.2) is 55.7 Å². The van der Waals surface area contributed by atoms with Crippen molar-refractivity contribution >= 4 is 15.9 Å². The van der Waals surface area contributed by atoms with Gasteiger partial charge < -0.3 is 9.64 Å². The summed E-state index contributed by atoms with van der Waals surface area (Å²) in [4.78, 5) is 4.97. The smallest absolute Gasteiger partial charge is 0.133 e. The van der Waals surface area contributed by atoms with Crippen LogP contribution in [0.1, 0.15) is 12.5 Å². The minimum absolute atomic E-state index is 0.758. The van der Waals surface area contributed by atoms with Crippen LogP contribution in [-0.2, 0) is 0 Å². The average molecular weight is 327 g/mol. The van der Waals surface area contributed by atoms with Gasteiger partial charge in [0, 0.05) is 32.7 Å². The van der Waals surface area contributed by atoms with E-state index < -0.39 is 0 Å². The van der Waals surface area contributed by atoms with Crippen LogP contribution in [0, 0.1) is 6.92 Å². The molecule has 0 N–H and O–H groups in total. The van der Waals surface area contributed by atoms with Gasteiger partial charge in [-0.3, -0.25) is 4.90 Å². The summed E-state index contributed by atoms with van der Waals surface area (Å²) in [5.74, 6) is 0.942. The fourth-order valence-electron chi connectivity index (χ4n) is 2.34. The maximum Gasteiger partial charge on any atom is 0.133 e. The van der Waals surface area contributed by atoms with Gasteiger partial charge in [-0.2, -0.15) is 0 Å². The summed E-state index contributed by atoms with van der Waals surface area (Å²) in [6.07, 6.45) is 0. The Hall–Kier alpha value is -0.580. The Morgan fingerprint density at radius 3 is 2.47 bits per heavy atom. The average Bonchev–Trinajstić information content (AvgIpc) is 2.42. The largest absolute Gasteiger partial charge is 0.491 e. The lowest BCUT2D eigenvalue weighted by Crippen LogP contribution is -2.47. The molecule has 106 valence electrons. The number of halogens is 1. The normalized spacial score (nSPS) is 17.6. The lowest BCUT2D eigenvalue weighted by atomic mass is 10.2. The Morgan fingerprint density at radius 1 is 1.16 bits per heavy atom. The summed E-state index contributed by atoms with van der Waals surface area (Å²) in [5, 5.41) is 0. The van der Waals surface area contributed by atoms with Gasteiger partial charge in [-0.1, -0.05) is 13.0 Å². The Labute approximate surface area is 124 Å². The zero-order valence-corrected chi connectivity index (χ0v) is 13.4. The third-order valence-electron chi connectivity index (χ3n) is 3.66. The number of rotatable bonds is 5. The maximum absolute atomic E-state index is 5.85. The van der Waals surface area contributed by atoms with Crippen LogP contribution >= 0.6 is 15.9 Å². The van der Waals surface area contributed by atoms with Crippen molar-refractivity contribution in [3.8, 4) is 5.75 Å². The molecule has 0 amide bonds. The second-order valence-corrected chi connectivity index (χ2v) is 5.91. The topological polar surface area (TPSA) is 15.7 Å². The molecule has 0 aliphatic carbocycles. The number of nitrogens with zero attached hydrogens (tertiary/aromatic N) is 2. The predicted molar refractivity (Wildman–Crippen MR) is 82.9 cm³/mol. The molecule has 0 spiro atoms. The van der Waals surface area contributed by atoms with Crippen LogP contribution in [0.5, 0.6) is 5.75 Å². The van der Waals surface area contributed by atoms with Crippen molar-refractivity contribution in [1.82, 2.24) is 9.80 Å². The van der Waals surface area contributed by atoms with Crippen molar-refractivity contribution < 1.29 is 4.74 Å². The second-order valence-electron chi connectivity index (χ2n) is 5.06.